The van der Waals surface area contributed by atoms with E-state index < -0.39 is 25.9 Å². The van der Waals surface area contributed by atoms with Crippen LogP contribution < -0.4 is 4.89 Å². The van der Waals surface area contributed by atoms with Crippen LogP contribution >= 0.6 is 8.00 Å². The lowest BCUT2D eigenvalue weighted by molar-refractivity contribution is -0.168. The topological polar surface area (TPSA) is 118 Å². The average molecular weight is 208 g/mol. The Morgan fingerprint density at radius 1 is 1.46 bits per heavy atom. The molecule has 0 radical (unpaired) electrons. The van der Waals surface area contributed by atoms with E-state index in [-0.39, 0.29) is 12.8 Å². The van der Waals surface area contributed by atoms with Gasteiger partial charge in [-0.1, -0.05) is 0 Å². The average Bonchev–Trinajstić information content (AvgIpc) is 1.96. The zero-order valence-corrected chi connectivity index (χ0v) is 7.48. The Hall–Kier alpha value is -0.970. The summed E-state index contributed by atoms with van der Waals surface area (Å²) < 4.78 is 0. The molecule has 3 N–H and O–H groups in total. The van der Waals surface area contributed by atoms with Crippen LogP contribution in [0.5, 0.6) is 0 Å². The van der Waals surface area contributed by atoms with Gasteiger partial charge in [0.05, 0.1) is 0 Å². The summed E-state index contributed by atoms with van der Waals surface area (Å²) >= 11 is 0. The summed E-state index contributed by atoms with van der Waals surface area (Å²) in [5, 5.41) is 16.7. The lowest BCUT2D eigenvalue weighted by Gasteiger charge is -2.01. The van der Waals surface area contributed by atoms with Crippen LogP contribution in [0.25, 0.3) is 0 Å². The summed E-state index contributed by atoms with van der Waals surface area (Å²) in [5.74, 6) is -2.88. The lowest BCUT2D eigenvalue weighted by atomic mass is 10.1. The molecule has 2 unspecified atom stereocenters. The third-order valence-electron chi connectivity index (χ3n) is 1.29. The molecular weight excluding hydrogens is 199 g/mol. The molecule has 0 rings (SSSR count). The Kier molecular flexibility index (Phi) is 5.22. The van der Waals surface area contributed by atoms with Gasteiger partial charge >= 0.3 is 11.9 Å². The van der Waals surface area contributed by atoms with Gasteiger partial charge in [0.25, 0.3) is 0 Å². The normalized spacial score (nSPS) is 13.8. The molecule has 0 aromatic heterocycles. The SMILES string of the molecule is O=C(O)CCC(C=[P+]([O-])O)C(=O)O. The first kappa shape index (κ1) is 12.0. The molecule has 7 heteroatoms. The summed E-state index contributed by atoms with van der Waals surface area (Å²) in [6.45, 7) is 0. The number of rotatable bonds is 5. The summed E-state index contributed by atoms with van der Waals surface area (Å²) in [7, 11) is -2.65. The third-order valence-corrected chi connectivity index (χ3v) is 1.91. The largest absolute Gasteiger partial charge is 0.603 e. The molecule has 6 nitrogen and oxygen atoms in total. The highest BCUT2D eigenvalue weighted by Crippen LogP contribution is 2.11. The van der Waals surface area contributed by atoms with Gasteiger partial charge in [-0.2, -0.15) is 4.89 Å². The van der Waals surface area contributed by atoms with Gasteiger partial charge in [-0.05, 0) is 6.42 Å². The fraction of sp³-hybridized carbons (Fsp3) is 0.500. The maximum Gasteiger partial charge on any atom is 0.314 e. The van der Waals surface area contributed by atoms with E-state index in [4.69, 9.17) is 15.1 Å². The van der Waals surface area contributed by atoms with Crippen LogP contribution in [0.1, 0.15) is 12.8 Å². The minimum Gasteiger partial charge on any atom is -0.603 e. The van der Waals surface area contributed by atoms with Crippen molar-refractivity contribution in [2.45, 2.75) is 12.8 Å². The molecule has 0 saturated heterocycles. The maximum atomic E-state index is 10.4. The highest BCUT2D eigenvalue weighted by molar-refractivity contribution is 7.43. The summed E-state index contributed by atoms with van der Waals surface area (Å²) in [4.78, 5) is 39.1. The molecule has 0 saturated carbocycles. The van der Waals surface area contributed by atoms with Crippen molar-refractivity contribution in [3.63, 3.8) is 0 Å². The van der Waals surface area contributed by atoms with E-state index >= 15 is 0 Å². The quantitative estimate of drug-likeness (QED) is 0.499. The molecule has 0 aromatic carbocycles. The molecule has 0 aromatic rings. The minimum absolute atomic E-state index is 0.174. The second-order valence-electron chi connectivity index (χ2n) is 2.33. The molecule has 0 fully saturated rings. The molecule has 0 heterocycles. The van der Waals surface area contributed by atoms with Crippen LogP contribution in [0.2, 0.25) is 0 Å². The van der Waals surface area contributed by atoms with E-state index in [1.807, 2.05) is 0 Å². The molecule has 0 aliphatic heterocycles. The van der Waals surface area contributed by atoms with Crippen LogP contribution in [-0.2, 0) is 9.59 Å². The Balaban J connectivity index is 4.19. The molecular formula is C6H9O6P. The first-order valence-electron chi connectivity index (χ1n) is 3.38. The van der Waals surface area contributed by atoms with Gasteiger partial charge in [-0.3, -0.25) is 9.59 Å². The summed E-state index contributed by atoms with van der Waals surface area (Å²) in [6, 6.07) is 0. The van der Waals surface area contributed by atoms with Crippen LogP contribution in [0.3, 0.4) is 0 Å². The first-order valence-corrected chi connectivity index (χ1v) is 4.66. The Morgan fingerprint density at radius 3 is 2.31 bits per heavy atom. The van der Waals surface area contributed by atoms with E-state index in [0.717, 1.165) is 5.80 Å². The van der Waals surface area contributed by atoms with Crippen molar-refractivity contribution in [2.24, 2.45) is 5.92 Å². The molecule has 0 aliphatic rings. The van der Waals surface area contributed by atoms with Crippen molar-refractivity contribution in [3.8, 4) is 0 Å². The van der Waals surface area contributed by atoms with Crippen LogP contribution in [0, 0.1) is 5.92 Å². The predicted octanol–water partition coefficient (Wildman–Crippen LogP) is -0.981. The summed E-state index contributed by atoms with van der Waals surface area (Å²) in [6.07, 6.45) is -0.511. The smallest absolute Gasteiger partial charge is 0.314 e. The van der Waals surface area contributed by atoms with Crippen LogP contribution in [0.4, 0.5) is 0 Å². The second kappa shape index (κ2) is 5.64. The van der Waals surface area contributed by atoms with E-state index in [1.54, 1.807) is 0 Å². The van der Waals surface area contributed by atoms with Gasteiger partial charge < -0.3 is 15.1 Å². The van der Waals surface area contributed by atoms with E-state index in [2.05, 4.69) is 0 Å². The molecule has 0 aliphatic carbocycles. The zero-order valence-electron chi connectivity index (χ0n) is 6.58. The van der Waals surface area contributed by atoms with Crippen LogP contribution in [0.15, 0.2) is 0 Å². The first-order chi connectivity index (χ1) is 5.93. The molecule has 2 atom stereocenters. The lowest BCUT2D eigenvalue weighted by Crippen LogP contribution is -2.17. The molecule has 13 heavy (non-hydrogen) atoms. The van der Waals surface area contributed by atoms with E-state index in [1.165, 1.54) is 0 Å². The number of carbonyl (C=O) groups is 2. The van der Waals surface area contributed by atoms with Crippen molar-refractivity contribution >= 4 is 25.7 Å². The zero-order chi connectivity index (χ0) is 10.4. The van der Waals surface area contributed by atoms with Crippen molar-refractivity contribution < 1.29 is 29.6 Å². The van der Waals surface area contributed by atoms with Crippen molar-refractivity contribution in [1.29, 1.82) is 0 Å². The number of carboxylic acid groups (broad SMARTS) is 2. The Morgan fingerprint density at radius 2 is 2.00 bits per heavy atom. The fourth-order valence-corrected chi connectivity index (χ4v) is 1.28. The Labute approximate surface area is 75.0 Å². The maximum absolute atomic E-state index is 10.4. The van der Waals surface area contributed by atoms with Gasteiger partial charge in [0.15, 0.2) is 0 Å². The summed E-state index contributed by atoms with van der Waals surface area (Å²) in [5.41, 5.74) is 0. The number of hydrogen-bond acceptors (Lipinski definition) is 4. The van der Waals surface area contributed by atoms with Gasteiger partial charge in [-0.15, -0.1) is 0 Å². The monoisotopic (exact) mass is 208 g/mol. The van der Waals surface area contributed by atoms with Crippen molar-refractivity contribution in [1.82, 2.24) is 0 Å². The standard InChI is InChI=1S/C6H9O6P/c7-5(8)2-1-4(6(9)10)3-13(11)12/h3-4H,1-2H2,(H,7,8)(H,9,10)(H,11,12). The van der Waals surface area contributed by atoms with Gasteiger partial charge in [0.1, 0.15) is 11.7 Å². The van der Waals surface area contributed by atoms with Gasteiger partial charge in [-0.25, -0.2) is 0 Å². The fourth-order valence-electron chi connectivity index (χ4n) is 0.695. The highest BCUT2D eigenvalue weighted by Gasteiger charge is 2.19. The Bertz CT molecular complexity index is 231. The second-order valence-corrected chi connectivity index (χ2v) is 3.23. The van der Waals surface area contributed by atoms with Gasteiger partial charge in [0, 0.05) is 6.42 Å². The molecule has 0 bridgehead atoms. The number of carboxylic acids is 2. The number of aliphatic carboxylic acids is 2. The van der Waals surface area contributed by atoms with Crippen molar-refractivity contribution in [2.75, 3.05) is 0 Å². The van der Waals surface area contributed by atoms with E-state index in [0.29, 0.717) is 0 Å². The molecule has 0 spiro atoms. The van der Waals surface area contributed by atoms with E-state index in [9.17, 15) is 14.5 Å². The highest BCUT2D eigenvalue weighted by atomic mass is 31.1. The van der Waals surface area contributed by atoms with Crippen molar-refractivity contribution in [3.05, 3.63) is 0 Å². The number of hydrogen-bond donors (Lipinski definition) is 3. The predicted molar refractivity (Wildman–Crippen MR) is 43.2 cm³/mol. The van der Waals surface area contributed by atoms with Gasteiger partial charge in [0.2, 0.25) is 8.00 Å². The molecule has 0 amide bonds. The minimum atomic E-state index is -2.65. The van der Waals surface area contributed by atoms with Crippen LogP contribution in [-0.4, -0.2) is 32.8 Å². The third kappa shape index (κ3) is 6.21. The molecule has 74 valence electrons.